The van der Waals surface area contributed by atoms with Gasteiger partial charge in [0.15, 0.2) is 0 Å². The summed E-state index contributed by atoms with van der Waals surface area (Å²) in [5.41, 5.74) is 9.57. The summed E-state index contributed by atoms with van der Waals surface area (Å²) in [7, 11) is 0. The molecule has 1 aromatic rings. The van der Waals surface area contributed by atoms with Crippen molar-refractivity contribution >= 4 is 5.97 Å². The first-order chi connectivity index (χ1) is 11.2. The van der Waals surface area contributed by atoms with Gasteiger partial charge in [0, 0.05) is 6.04 Å². The lowest BCUT2D eigenvalue weighted by atomic mass is 9.39. The number of hydrogen-bond donors (Lipinski definition) is 2. The van der Waals surface area contributed by atoms with Crippen molar-refractivity contribution in [2.45, 2.75) is 64.8 Å². The summed E-state index contributed by atoms with van der Waals surface area (Å²) in [5, 5.41) is 9.04. The number of carbonyl (C=O) groups is 1. The predicted octanol–water partition coefficient (Wildman–Crippen LogP) is 4.25. The minimum Gasteiger partial charge on any atom is -0.478 e. The molecule has 0 saturated heterocycles. The molecule has 3 heteroatoms. The van der Waals surface area contributed by atoms with E-state index in [1.807, 2.05) is 12.1 Å². The second kappa shape index (κ2) is 5.08. The van der Waals surface area contributed by atoms with Crippen molar-refractivity contribution in [3.05, 3.63) is 35.4 Å². The molecule has 3 nitrogen and oxygen atoms in total. The molecule has 4 aliphatic carbocycles. The van der Waals surface area contributed by atoms with E-state index in [1.165, 1.54) is 44.1 Å². The standard InChI is InChI=1S/C21H29NO2/c1-19-8-15-9-20(2,11-19)13-21(10-15,12-19)17(22)7-14-3-5-16(6-4-14)18(23)24/h3-6,15,17H,7-13,22H2,1-2H3,(H,23,24). The molecule has 4 fully saturated rings. The van der Waals surface area contributed by atoms with Gasteiger partial charge >= 0.3 is 5.97 Å². The van der Waals surface area contributed by atoms with Gasteiger partial charge in [0.25, 0.3) is 0 Å². The highest BCUT2D eigenvalue weighted by Gasteiger charge is 2.61. The van der Waals surface area contributed by atoms with Gasteiger partial charge in [0.05, 0.1) is 5.56 Å². The van der Waals surface area contributed by atoms with Gasteiger partial charge in [-0.05, 0) is 84.8 Å². The molecule has 3 N–H and O–H groups in total. The van der Waals surface area contributed by atoms with E-state index in [9.17, 15) is 4.79 Å². The van der Waals surface area contributed by atoms with Crippen LogP contribution in [0.25, 0.3) is 0 Å². The number of benzene rings is 1. The van der Waals surface area contributed by atoms with Crippen molar-refractivity contribution in [1.82, 2.24) is 0 Å². The van der Waals surface area contributed by atoms with Crippen LogP contribution in [0.3, 0.4) is 0 Å². The van der Waals surface area contributed by atoms with E-state index in [0.29, 0.717) is 16.4 Å². The van der Waals surface area contributed by atoms with Crippen LogP contribution in [0.2, 0.25) is 0 Å². The summed E-state index contributed by atoms with van der Waals surface area (Å²) in [4.78, 5) is 11.0. The van der Waals surface area contributed by atoms with Crippen LogP contribution >= 0.6 is 0 Å². The van der Waals surface area contributed by atoms with Crippen LogP contribution in [-0.2, 0) is 6.42 Å². The van der Waals surface area contributed by atoms with Gasteiger partial charge in [-0.3, -0.25) is 0 Å². The zero-order valence-electron chi connectivity index (χ0n) is 14.8. The number of carboxylic acid groups (broad SMARTS) is 1. The van der Waals surface area contributed by atoms with E-state index in [2.05, 4.69) is 13.8 Å². The molecule has 5 rings (SSSR count). The molecule has 0 spiro atoms. The maximum absolute atomic E-state index is 11.0. The highest BCUT2D eigenvalue weighted by Crippen LogP contribution is 2.70. The number of hydrogen-bond acceptors (Lipinski definition) is 2. The fourth-order valence-electron chi connectivity index (χ4n) is 7.20. The molecular weight excluding hydrogens is 298 g/mol. The van der Waals surface area contributed by atoms with Crippen molar-refractivity contribution in [1.29, 1.82) is 0 Å². The second-order valence-corrected chi connectivity index (χ2v) is 9.81. The Labute approximate surface area is 144 Å². The van der Waals surface area contributed by atoms with Crippen LogP contribution in [0.5, 0.6) is 0 Å². The average molecular weight is 327 g/mol. The van der Waals surface area contributed by atoms with Gasteiger partial charge in [-0.25, -0.2) is 4.79 Å². The van der Waals surface area contributed by atoms with E-state index < -0.39 is 5.97 Å². The van der Waals surface area contributed by atoms with E-state index in [-0.39, 0.29) is 11.5 Å². The summed E-state index contributed by atoms with van der Waals surface area (Å²) in [6.45, 7) is 4.97. The molecule has 1 aromatic carbocycles. The quantitative estimate of drug-likeness (QED) is 0.869. The number of carboxylic acids is 1. The van der Waals surface area contributed by atoms with Gasteiger partial charge in [-0.2, -0.15) is 0 Å². The molecule has 0 radical (unpaired) electrons. The zero-order valence-corrected chi connectivity index (χ0v) is 14.8. The number of rotatable bonds is 4. The Morgan fingerprint density at radius 2 is 1.71 bits per heavy atom. The predicted molar refractivity (Wildman–Crippen MR) is 94.9 cm³/mol. The fraction of sp³-hybridized carbons (Fsp3) is 0.667. The Hall–Kier alpha value is -1.35. The minimum absolute atomic E-state index is 0.176. The van der Waals surface area contributed by atoms with Crippen LogP contribution < -0.4 is 5.73 Å². The van der Waals surface area contributed by atoms with E-state index in [4.69, 9.17) is 10.8 Å². The molecule has 0 aromatic heterocycles. The zero-order chi connectivity index (χ0) is 17.2. The Morgan fingerprint density at radius 1 is 1.12 bits per heavy atom. The van der Waals surface area contributed by atoms with E-state index in [0.717, 1.165) is 12.3 Å². The Kier molecular flexibility index (Phi) is 3.41. The summed E-state index contributed by atoms with van der Waals surface area (Å²) < 4.78 is 0. The summed E-state index contributed by atoms with van der Waals surface area (Å²) in [6.07, 6.45) is 8.87. The van der Waals surface area contributed by atoms with Crippen LogP contribution in [0.4, 0.5) is 0 Å². The normalized spacial score (nSPS) is 41.4. The Balaban J connectivity index is 1.56. The summed E-state index contributed by atoms with van der Waals surface area (Å²) >= 11 is 0. The Bertz CT molecular complexity index is 647. The maximum atomic E-state index is 11.0. The van der Waals surface area contributed by atoms with Crippen molar-refractivity contribution in [2.24, 2.45) is 27.9 Å². The third kappa shape index (κ3) is 2.57. The largest absolute Gasteiger partial charge is 0.478 e. The molecule has 0 aliphatic heterocycles. The number of nitrogens with two attached hydrogens (primary N) is 1. The van der Waals surface area contributed by atoms with Crippen molar-refractivity contribution < 1.29 is 9.90 Å². The van der Waals surface area contributed by atoms with E-state index >= 15 is 0 Å². The molecule has 130 valence electrons. The minimum atomic E-state index is -0.868. The van der Waals surface area contributed by atoms with Gasteiger partial charge < -0.3 is 10.8 Å². The molecule has 4 saturated carbocycles. The second-order valence-electron chi connectivity index (χ2n) is 9.81. The monoisotopic (exact) mass is 327 g/mol. The lowest BCUT2D eigenvalue weighted by Crippen LogP contribution is -2.61. The molecule has 3 unspecified atom stereocenters. The average Bonchev–Trinajstić information content (AvgIpc) is 2.43. The summed E-state index contributed by atoms with van der Waals surface area (Å²) in [6, 6.07) is 7.45. The molecule has 4 bridgehead atoms. The van der Waals surface area contributed by atoms with Crippen molar-refractivity contribution in [3.63, 3.8) is 0 Å². The number of aromatic carboxylic acids is 1. The first-order valence-corrected chi connectivity index (χ1v) is 9.29. The molecule has 24 heavy (non-hydrogen) atoms. The van der Waals surface area contributed by atoms with E-state index in [1.54, 1.807) is 12.1 Å². The topological polar surface area (TPSA) is 63.3 Å². The molecular formula is C21H29NO2. The van der Waals surface area contributed by atoms with Crippen LogP contribution in [-0.4, -0.2) is 17.1 Å². The smallest absolute Gasteiger partial charge is 0.335 e. The highest BCUT2D eigenvalue weighted by molar-refractivity contribution is 5.87. The third-order valence-electron chi connectivity index (χ3n) is 7.11. The van der Waals surface area contributed by atoms with Crippen molar-refractivity contribution in [2.75, 3.05) is 0 Å². The first-order valence-electron chi connectivity index (χ1n) is 9.29. The molecule has 3 atom stereocenters. The van der Waals surface area contributed by atoms with Crippen LogP contribution in [0.1, 0.15) is 68.3 Å². The lowest BCUT2D eigenvalue weighted by Gasteiger charge is -2.67. The molecule has 0 heterocycles. The fourth-order valence-corrected chi connectivity index (χ4v) is 7.20. The highest BCUT2D eigenvalue weighted by atomic mass is 16.4. The molecule has 4 aliphatic rings. The first kappa shape index (κ1) is 16.1. The maximum Gasteiger partial charge on any atom is 0.335 e. The van der Waals surface area contributed by atoms with Gasteiger partial charge in [0.1, 0.15) is 0 Å². The van der Waals surface area contributed by atoms with Gasteiger partial charge in [0.2, 0.25) is 0 Å². The molecule has 0 amide bonds. The van der Waals surface area contributed by atoms with Crippen molar-refractivity contribution in [3.8, 4) is 0 Å². The van der Waals surface area contributed by atoms with Gasteiger partial charge in [-0.1, -0.05) is 26.0 Å². The SMILES string of the molecule is CC12CC3CC(C)(C1)CC(C(N)Cc1ccc(C(=O)O)cc1)(C3)C2. The van der Waals surface area contributed by atoms with Crippen LogP contribution in [0, 0.1) is 22.2 Å². The van der Waals surface area contributed by atoms with Crippen LogP contribution in [0.15, 0.2) is 24.3 Å². The van der Waals surface area contributed by atoms with Gasteiger partial charge in [-0.15, -0.1) is 0 Å². The Morgan fingerprint density at radius 3 is 2.21 bits per heavy atom. The summed E-state index contributed by atoms with van der Waals surface area (Å²) in [5.74, 6) is -0.00975. The third-order valence-corrected chi connectivity index (χ3v) is 7.11. The lowest BCUT2D eigenvalue weighted by molar-refractivity contribution is -0.153.